The maximum Gasteiger partial charge on any atom is 0.303 e. The molecule has 1 rings (SSSR count). The van der Waals surface area contributed by atoms with E-state index in [0.717, 1.165) is 12.8 Å². The summed E-state index contributed by atoms with van der Waals surface area (Å²) in [7, 11) is 0. The standard InChI is InChI=1S/C32H56O3S/c1-2-3-4-5-6-7-8-9-10-11-12-13-14-15-16-17-18-22-27-31(30(33)26-23-28-32(34)35)36-29-24-20-19-21-25-29/h19-21,24-25,30-31,33H,2-18,22-23,26-28H2,1H3,(H,34,35). The van der Waals surface area contributed by atoms with Crippen LogP contribution in [0.4, 0.5) is 0 Å². The molecule has 0 aliphatic rings. The van der Waals surface area contributed by atoms with E-state index >= 15 is 0 Å². The summed E-state index contributed by atoms with van der Waals surface area (Å²) in [5, 5.41) is 19.7. The average Bonchev–Trinajstić information content (AvgIpc) is 2.87. The van der Waals surface area contributed by atoms with Gasteiger partial charge in [-0.25, -0.2) is 0 Å². The van der Waals surface area contributed by atoms with Crippen molar-refractivity contribution in [2.45, 2.75) is 164 Å². The molecule has 0 bridgehead atoms. The van der Waals surface area contributed by atoms with Gasteiger partial charge in [0.05, 0.1) is 6.10 Å². The first-order chi connectivity index (χ1) is 17.6. The zero-order valence-electron chi connectivity index (χ0n) is 23.3. The van der Waals surface area contributed by atoms with Crippen molar-refractivity contribution in [3.8, 4) is 0 Å². The van der Waals surface area contributed by atoms with E-state index in [4.69, 9.17) is 5.11 Å². The number of hydrogen-bond donors (Lipinski definition) is 2. The van der Waals surface area contributed by atoms with Crippen LogP contribution in [0.25, 0.3) is 0 Å². The number of aliphatic hydroxyl groups is 1. The van der Waals surface area contributed by atoms with Crippen molar-refractivity contribution in [3.05, 3.63) is 30.3 Å². The number of rotatable bonds is 26. The number of carboxylic acid groups (broad SMARTS) is 1. The van der Waals surface area contributed by atoms with Crippen LogP contribution in [0.2, 0.25) is 0 Å². The largest absolute Gasteiger partial charge is 0.481 e. The van der Waals surface area contributed by atoms with Crippen molar-refractivity contribution >= 4 is 17.7 Å². The molecule has 0 fully saturated rings. The fourth-order valence-corrected chi connectivity index (χ4v) is 6.14. The van der Waals surface area contributed by atoms with E-state index in [1.165, 1.54) is 114 Å². The fourth-order valence-electron chi connectivity index (χ4n) is 4.90. The van der Waals surface area contributed by atoms with Crippen LogP contribution in [0.3, 0.4) is 0 Å². The van der Waals surface area contributed by atoms with Gasteiger partial charge in [0, 0.05) is 16.6 Å². The Balaban J connectivity index is 2.02. The first-order valence-corrected chi connectivity index (χ1v) is 16.1. The second-order valence-corrected chi connectivity index (χ2v) is 11.9. The topological polar surface area (TPSA) is 57.5 Å². The number of hydrogen-bond acceptors (Lipinski definition) is 3. The first kappa shape index (κ1) is 33.0. The van der Waals surface area contributed by atoms with E-state index in [2.05, 4.69) is 19.1 Å². The minimum atomic E-state index is -0.780. The molecule has 0 heterocycles. The molecule has 2 unspecified atom stereocenters. The van der Waals surface area contributed by atoms with E-state index in [0.29, 0.717) is 12.8 Å². The van der Waals surface area contributed by atoms with E-state index in [1.807, 2.05) is 18.2 Å². The van der Waals surface area contributed by atoms with E-state index in [9.17, 15) is 9.90 Å². The van der Waals surface area contributed by atoms with E-state index in [1.54, 1.807) is 11.8 Å². The highest BCUT2D eigenvalue weighted by molar-refractivity contribution is 8.00. The molecule has 0 saturated carbocycles. The van der Waals surface area contributed by atoms with Crippen LogP contribution < -0.4 is 0 Å². The molecular formula is C32H56O3S. The third kappa shape index (κ3) is 20.1. The molecule has 0 spiro atoms. The van der Waals surface area contributed by atoms with Crippen molar-refractivity contribution in [2.24, 2.45) is 0 Å². The Kier molecular flexibility index (Phi) is 22.3. The van der Waals surface area contributed by atoms with Crippen molar-refractivity contribution < 1.29 is 15.0 Å². The molecule has 36 heavy (non-hydrogen) atoms. The third-order valence-corrected chi connectivity index (χ3v) is 8.59. The molecule has 208 valence electrons. The molecule has 0 aromatic heterocycles. The summed E-state index contributed by atoms with van der Waals surface area (Å²) in [4.78, 5) is 12.0. The predicted molar refractivity (Wildman–Crippen MR) is 157 cm³/mol. The second kappa shape index (κ2) is 24.3. The summed E-state index contributed by atoms with van der Waals surface area (Å²) in [5.74, 6) is -0.780. The first-order valence-electron chi connectivity index (χ1n) is 15.2. The van der Waals surface area contributed by atoms with E-state index < -0.39 is 12.1 Å². The van der Waals surface area contributed by atoms with Crippen molar-refractivity contribution in [2.75, 3.05) is 0 Å². The Morgan fingerprint density at radius 2 is 1.11 bits per heavy atom. The third-order valence-electron chi connectivity index (χ3n) is 7.19. The lowest BCUT2D eigenvalue weighted by Crippen LogP contribution is -2.23. The van der Waals surface area contributed by atoms with Crippen LogP contribution in [0.15, 0.2) is 35.2 Å². The van der Waals surface area contributed by atoms with Gasteiger partial charge in [-0.15, -0.1) is 11.8 Å². The fraction of sp³-hybridized carbons (Fsp3) is 0.781. The van der Waals surface area contributed by atoms with Crippen LogP contribution >= 0.6 is 11.8 Å². The molecule has 1 aromatic carbocycles. The van der Waals surface area contributed by atoms with Gasteiger partial charge in [0.2, 0.25) is 0 Å². The Hall–Kier alpha value is -1.00. The zero-order chi connectivity index (χ0) is 26.1. The molecule has 3 nitrogen and oxygen atoms in total. The number of aliphatic hydroxyl groups excluding tert-OH is 1. The van der Waals surface area contributed by atoms with E-state index in [-0.39, 0.29) is 11.7 Å². The molecular weight excluding hydrogens is 464 g/mol. The number of thioether (sulfide) groups is 1. The normalized spacial score (nSPS) is 13.1. The number of aliphatic carboxylic acids is 1. The van der Waals surface area contributed by atoms with Crippen LogP contribution in [0.5, 0.6) is 0 Å². The Morgan fingerprint density at radius 1 is 0.667 bits per heavy atom. The van der Waals surface area contributed by atoms with Crippen LogP contribution in [-0.2, 0) is 4.79 Å². The number of benzene rings is 1. The molecule has 0 aliphatic heterocycles. The highest BCUT2D eigenvalue weighted by atomic mass is 32.2. The average molecular weight is 521 g/mol. The summed E-state index contributed by atoms with van der Waals surface area (Å²) in [6.07, 6.45) is 26.6. The lowest BCUT2D eigenvalue weighted by molar-refractivity contribution is -0.137. The van der Waals surface area contributed by atoms with Gasteiger partial charge in [0.1, 0.15) is 0 Å². The molecule has 0 radical (unpaired) electrons. The van der Waals surface area contributed by atoms with Gasteiger partial charge in [0.25, 0.3) is 0 Å². The Morgan fingerprint density at radius 3 is 1.56 bits per heavy atom. The highest BCUT2D eigenvalue weighted by Crippen LogP contribution is 2.31. The van der Waals surface area contributed by atoms with Crippen molar-refractivity contribution in [3.63, 3.8) is 0 Å². The number of carbonyl (C=O) groups is 1. The lowest BCUT2D eigenvalue weighted by Gasteiger charge is -2.22. The molecule has 0 amide bonds. The van der Waals surface area contributed by atoms with Gasteiger partial charge in [0.15, 0.2) is 0 Å². The van der Waals surface area contributed by atoms with Gasteiger partial charge >= 0.3 is 5.97 Å². The number of carboxylic acids is 1. The van der Waals surface area contributed by atoms with Crippen LogP contribution in [0, 0.1) is 0 Å². The van der Waals surface area contributed by atoms with Crippen LogP contribution in [-0.4, -0.2) is 27.5 Å². The number of unbranched alkanes of at least 4 members (excludes halogenated alkanes) is 17. The Labute approximate surface area is 227 Å². The second-order valence-electron chi connectivity index (χ2n) is 10.6. The highest BCUT2D eigenvalue weighted by Gasteiger charge is 2.20. The molecule has 2 N–H and O–H groups in total. The summed E-state index contributed by atoms with van der Waals surface area (Å²) in [6.45, 7) is 2.29. The van der Waals surface area contributed by atoms with Gasteiger partial charge < -0.3 is 10.2 Å². The minimum Gasteiger partial charge on any atom is -0.481 e. The van der Waals surface area contributed by atoms with Gasteiger partial charge in [-0.3, -0.25) is 4.79 Å². The van der Waals surface area contributed by atoms with Crippen LogP contribution in [0.1, 0.15) is 148 Å². The molecule has 2 atom stereocenters. The molecule has 4 heteroatoms. The lowest BCUT2D eigenvalue weighted by atomic mass is 10.0. The van der Waals surface area contributed by atoms with Crippen molar-refractivity contribution in [1.82, 2.24) is 0 Å². The SMILES string of the molecule is CCCCCCCCCCCCCCCCCCCCC(Sc1ccccc1)C(O)CCCC(=O)O. The van der Waals surface area contributed by atoms with Gasteiger partial charge in [-0.1, -0.05) is 141 Å². The summed E-state index contributed by atoms with van der Waals surface area (Å²) in [5.41, 5.74) is 0. The molecule has 0 aliphatic carbocycles. The Bertz CT molecular complexity index is 607. The zero-order valence-corrected chi connectivity index (χ0v) is 24.1. The minimum absolute atomic E-state index is 0.138. The van der Waals surface area contributed by atoms with Gasteiger partial charge in [-0.2, -0.15) is 0 Å². The molecule has 1 aromatic rings. The summed E-state index contributed by atoms with van der Waals surface area (Å²) < 4.78 is 0. The summed E-state index contributed by atoms with van der Waals surface area (Å²) >= 11 is 1.75. The van der Waals surface area contributed by atoms with Gasteiger partial charge in [-0.05, 0) is 31.4 Å². The monoisotopic (exact) mass is 520 g/mol. The maximum atomic E-state index is 10.8. The predicted octanol–water partition coefficient (Wildman–Crippen LogP) is 10.2. The maximum absolute atomic E-state index is 10.8. The van der Waals surface area contributed by atoms with Crippen molar-refractivity contribution in [1.29, 1.82) is 0 Å². The molecule has 0 saturated heterocycles. The summed E-state index contributed by atoms with van der Waals surface area (Å²) in [6, 6.07) is 10.3. The quantitative estimate of drug-likeness (QED) is 0.0942. The smallest absolute Gasteiger partial charge is 0.303 e.